The number of piperidine rings is 1. The highest BCUT2D eigenvalue weighted by molar-refractivity contribution is 5.79. The molecule has 22 heavy (non-hydrogen) atoms. The number of nitrogens with one attached hydrogen (secondary N) is 1. The molecule has 0 radical (unpaired) electrons. The summed E-state index contributed by atoms with van der Waals surface area (Å²) in [5.41, 5.74) is 1.39. The first-order valence-electron chi connectivity index (χ1n) is 8.43. The topological polar surface area (TPSA) is 32.3 Å². The van der Waals surface area contributed by atoms with E-state index in [0.29, 0.717) is 0 Å². The van der Waals surface area contributed by atoms with E-state index in [1.165, 1.54) is 5.56 Å². The zero-order valence-electron chi connectivity index (χ0n) is 14.4. The maximum absolute atomic E-state index is 12.4. The van der Waals surface area contributed by atoms with E-state index >= 15 is 0 Å². The quantitative estimate of drug-likeness (QED) is 0.906. The molecular weight excluding hydrogens is 272 g/mol. The van der Waals surface area contributed by atoms with Crippen molar-refractivity contribution in [2.75, 3.05) is 20.1 Å². The minimum atomic E-state index is 0.0668. The molecule has 1 saturated heterocycles. The molecule has 3 heteroatoms. The number of carbonyl (C=O) groups excluding carboxylic acids is 1. The fourth-order valence-electron chi connectivity index (χ4n) is 3.56. The molecule has 122 valence electrons. The van der Waals surface area contributed by atoms with Crippen LogP contribution < -0.4 is 5.32 Å². The molecule has 3 nitrogen and oxygen atoms in total. The zero-order chi connectivity index (χ0) is 16.2. The van der Waals surface area contributed by atoms with Gasteiger partial charge in [0.15, 0.2) is 0 Å². The molecule has 0 spiro atoms. The number of carbonyl (C=O) groups is 1. The summed E-state index contributed by atoms with van der Waals surface area (Å²) in [6.07, 6.45) is 3.09. The Balaban J connectivity index is 1.89. The van der Waals surface area contributed by atoms with Crippen LogP contribution >= 0.6 is 0 Å². The van der Waals surface area contributed by atoms with Gasteiger partial charge in [-0.2, -0.15) is 0 Å². The van der Waals surface area contributed by atoms with E-state index in [4.69, 9.17) is 0 Å². The Kier molecular flexibility index (Phi) is 5.63. The number of rotatable bonds is 5. The van der Waals surface area contributed by atoms with Crippen molar-refractivity contribution in [3.63, 3.8) is 0 Å². The van der Waals surface area contributed by atoms with Crippen molar-refractivity contribution in [2.45, 2.75) is 51.5 Å². The van der Waals surface area contributed by atoms with Gasteiger partial charge in [0.25, 0.3) is 0 Å². The van der Waals surface area contributed by atoms with Crippen LogP contribution in [0.3, 0.4) is 0 Å². The van der Waals surface area contributed by atoms with Gasteiger partial charge in [0, 0.05) is 12.6 Å². The Labute approximate surface area is 135 Å². The third-order valence-corrected chi connectivity index (χ3v) is 4.76. The fourth-order valence-corrected chi connectivity index (χ4v) is 3.56. The molecule has 1 aromatic carbocycles. The largest absolute Gasteiger partial charge is 0.353 e. The predicted octanol–water partition coefficient (Wildman–Crippen LogP) is 3.20. The van der Waals surface area contributed by atoms with Gasteiger partial charge < -0.3 is 10.2 Å². The summed E-state index contributed by atoms with van der Waals surface area (Å²) in [4.78, 5) is 14.7. The zero-order valence-corrected chi connectivity index (χ0v) is 14.4. The van der Waals surface area contributed by atoms with Crippen LogP contribution in [0.15, 0.2) is 30.3 Å². The number of likely N-dealkylation sites (tertiary alicyclic amines) is 1. The number of hydrogen-bond acceptors (Lipinski definition) is 2. The third-order valence-electron chi connectivity index (χ3n) is 4.76. The normalized spacial score (nSPS) is 21.4. The molecule has 1 heterocycles. The summed E-state index contributed by atoms with van der Waals surface area (Å²) in [5, 5.41) is 3.23. The lowest BCUT2D eigenvalue weighted by Crippen LogP contribution is -2.45. The standard InChI is InChI=1S/C19H30N2O/c1-15(13-19(2,3)17-10-6-5-7-11-17)20-18(22)16-9-8-12-21(4)14-16/h5-7,10-11,15-16H,8-9,12-14H2,1-4H3,(H,20,22)/t15-,16-/m0/s1. The van der Waals surface area contributed by atoms with Crippen LogP contribution in [0.4, 0.5) is 0 Å². The van der Waals surface area contributed by atoms with E-state index in [9.17, 15) is 4.79 Å². The van der Waals surface area contributed by atoms with E-state index in [2.05, 4.69) is 62.3 Å². The molecule has 1 aliphatic heterocycles. The second kappa shape index (κ2) is 7.28. The molecule has 0 saturated carbocycles. The summed E-state index contributed by atoms with van der Waals surface area (Å²) in [5.74, 6) is 0.379. The van der Waals surface area contributed by atoms with Crippen molar-refractivity contribution in [2.24, 2.45) is 5.92 Å². The average Bonchev–Trinajstić information content (AvgIpc) is 2.47. The van der Waals surface area contributed by atoms with Crippen LogP contribution in [0.25, 0.3) is 0 Å². The lowest BCUT2D eigenvalue weighted by molar-refractivity contribution is -0.127. The molecule has 1 fully saturated rings. The van der Waals surface area contributed by atoms with E-state index in [1.807, 2.05) is 6.07 Å². The molecule has 0 bridgehead atoms. The van der Waals surface area contributed by atoms with E-state index in [-0.39, 0.29) is 23.3 Å². The summed E-state index contributed by atoms with van der Waals surface area (Å²) < 4.78 is 0. The van der Waals surface area contributed by atoms with Crippen molar-refractivity contribution in [3.8, 4) is 0 Å². The van der Waals surface area contributed by atoms with Crippen molar-refractivity contribution in [3.05, 3.63) is 35.9 Å². The van der Waals surface area contributed by atoms with Crippen LogP contribution in [0.2, 0.25) is 0 Å². The molecule has 0 unspecified atom stereocenters. The van der Waals surface area contributed by atoms with Gasteiger partial charge in [-0.1, -0.05) is 44.2 Å². The Hall–Kier alpha value is -1.35. The minimum Gasteiger partial charge on any atom is -0.353 e. The molecule has 1 aromatic rings. The molecular formula is C19H30N2O. The van der Waals surface area contributed by atoms with Gasteiger partial charge in [-0.15, -0.1) is 0 Å². The SMILES string of the molecule is C[C@@H](CC(C)(C)c1ccccc1)NC(=O)[C@H]1CCCN(C)C1. The lowest BCUT2D eigenvalue weighted by atomic mass is 9.79. The molecule has 2 atom stereocenters. The summed E-state index contributed by atoms with van der Waals surface area (Å²) in [6, 6.07) is 10.7. The summed E-state index contributed by atoms with van der Waals surface area (Å²) in [7, 11) is 2.10. The molecule has 1 N–H and O–H groups in total. The van der Waals surface area contributed by atoms with Gasteiger partial charge in [-0.25, -0.2) is 0 Å². The van der Waals surface area contributed by atoms with Gasteiger partial charge in [-0.05, 0) is 50.8 Å². The highest BCUT2D eigenvalue weighted by Gasteiger charge is 2.27. The first-order valence-corrected chi connectivity index (χ1v) is 8.43. The molecule has 0 aliphatic carbocycles. The van der Waals surface area contributed by atoms with Gasteiger partial charge in [0.05, 0.1) is 5.92 Å². The minimum absolute atomic E-state index is 0.0668. The number of benzene rings is 1. The van der Waals surface area contributed by atoms with Crippen molar-refractivity contribution >= 4 is 5.91 Å². The van der Waals surface area contributed by atoms with Gasteiger partial charge >= 0.3 is 0 Å². The Morgan fingerprint density at radius 1 is 1.36 bits per heavy atom. The Morgan fingerprint density at radius 3 is 2.68 bits per heavy atom. The summed E-state index contributed by atoms with van der Waals surface area (Å²) >= 11 is 0. The Bertz CT molecular complexity index is 483. The Morgan fingerprint density at radius 2 is 2.05 bits per heavy atom. The van der Waals surface area contributed by atoms with Gasteiger partial charge in [-0.3, -0.25) is 4.79 Å². The lowest BCUT2D eigenvalue weighted by Gasteiger charge is -2.32. The van der Waals surface area contributed by atoms with Crippen LogP contribution in [0, 0.1) is 5.92 Å². The smallest absolute Gasteiger partial charge is 0.224 e. The summed E-state index contributed by atoms with van der Waals surface area (Å²) in [6.45, 7) is 8.62. The van der Waals surface area contributed by atoms with Gasteiger partial charge in [0.2, 0.25) is 5.91 Å². The molecule has 0 aromatic heterocycles. The van der Waals surface area contributed by atoms with E-state index < -0.39 is 0 Å². The first-order chi connectivity index (χ1) is 10.4. The molecule has 1 aliphatic rings. The van der Waals surface area contributed by atoms with Crippen molar-refractivity contribution < 1.29 is 4.79 Å². The van der Waals surface area contributed by atoms with E-state index in [0.717, 1.165) is 32.4 Å². The molecule has 2 rings (SSSR count). The second-order valence-corrected chi connectivity index (χ2v) is 7.47. The highest BCUT2D eigenvalue weighted by Crippen LogP contribution is 2.28. The van der Waals surface area contributed by atoms with E-state index in [1.54, 1.807) is 0 Å². The first kappa shape index (κ1) is 17.0. The van der Waals surface area contributed by atoms with Crippen LogP contribution in [-0.4, -0.2) is 37.0 Å². The third kappa shape index (κ3) is 4.57. The number of amides is 1. The van der Waals surface area contributed by atoms with Crippen molar-refractivity contribution in [1.29, 1.82) is 0 Å². The maximum Gasteiger partial charge on any atom is 0.224 e. The molecule has 1 amide bonds. The second-order valence-electron chi connectivity index (χ2n) is 7.47. The van der Waals surface area contributed by atoms with Gasteiger partial charge in [0.1, 0.15) is 0 Å². The average molecular weight is 302 g/mol. The maximum atomic E-state index is 12.4. The number of nitrogens with zero attached hydrogens (tertiary/aromatic N) is 1. The fraction of sp³-hybridized carbons (Fsp3) is 0.632. The van der Waals surface area contributed by atoms with Crippen molar-refractivity contribution in [1.82, 2.24) is 10.2 Å². The van der Waals surface area contributed by atoms with Crippen LogP contribution in [0.1, 0.15) is 45.6 Å². The monoisotopic (exact) mass is 302 g/mol. The highest BCUT2D eigenvalue weighted by atomic mass is 16.2. The predicted molar refractivity (Wildman–Crippen MR) is 91.9 cm³/mol. The van der Waals surface area contributed by atoms with Crippen LogP contribution in [0.5, 0.6) is 0 Å². The number of hydrogen-bond donors (Lipinski definition) is 1. The van der Waals surface area contributed by atoms with Crippen LogP contribution in [-0.2, 0) is 10.2 Å².